The van der Waals surface area contributed by atoms with E-state index in [2.05, 4.69) is 5.32 Å². The van der Waals surface area contributed by atoms with Crippen LogP contribution in [0, 0.1) is 23.7 Å². The lowest BCUT2D eigenvalue weighted by molar-refractivity contribution is -0.201. The predicted molar refractivity (Wildman–Crippen MR) is 337 cm³/mol. The molecule has 0 atom stereocenters. The molecule has 32 heteroatoms. The van der Waals surface area contributed by atoms with Crippen molar-refractivity contribution in [2.45, 2.75) is 183 Å². The second kappa shape index (κ2) is 40.5. The summed E-state index contributed by atoms with van der Waals surface area (Å²) in [7, 11) is 0. The van der Waals surface area contributed by atoms with Gasteiger partial charge < -0.3 is 24.6 Å². The fourth-order valence-electron chi connectivity index (χ4n) is 10.8. The maximum absolute atomic E-state index is 12.3. The number of hydrogen-bond acceptors (Lipinski definition) is 24. The second-order valence-electron chi connectivity index (χ2n) is 23.4. The van der Waals surface area contributed by atoms with Crippen molar-refractivity contribution < 1.29 is 115 Å². The van der Waals surface area contributed by atoms with Crippen molar-refractivity contribution in [3.63, 3.8) is 0 Å². The summed E-state index contributed by atoms with van der Waals surface area (Å²) in [6.07, 6.45) is 19.5. The third-order valence-corrected chi connectivity index (χ3v) is 16.3. The van der Waals surface area contributed by atoms with Crippen molar-refractivity contribution >= 4 is 118 Å². The number of unbranched alkanes of at least 4 members (excludes halogenated alkanes) is 4. The van der Waals surface area contributed by atoms with Crippen LogP contribution in [-0.4, -0.2) is 192 Å². The molecule has 7 heterocycles. The quantitative estimate of drug-likeness (QED) is 0.0701. The molecule has 0 aromatic heterocycles. The first-order valence-corrected chi connectivity index (χ1v) is 31.6. The Balaban J connectivity index is 0.000000350. The van der Waals surface area contributed by atoms with Gasteiger partial charge in [0, 0.05) is 146 Å². The van der Waals surface area contributed by atoms with Crippen molar-refractivity contribution in [2.75, 3.05) is 39.3 Å². The topological polar surface area (TPSA) is 413 Å². The van der Waals surface area contributed by atoms with Gasteiger partial charge in [0.2, 0.25) is 5.91 Å². The van der Waals surface area contributed by atoms with E-state index in [1.807, 2.05) is 0 Å². The Labute approximate surface area is 566 Å². The highest BCUT2D eigenvalue weighted by Gasteiger charge is 2.39. The minimum Gasteiger partial charge on any atom is -0.465 e. The van der Waals surface area contributed by atoms with Gasteiger partial charge in [0.05, 0.1) is 18.4 Å². The molecular weight excluding hydrogens is 1290 g/mol. The Morgan fingerprint density at radius 1 is 0.378 bits per heavy atom. The molecule has 0 bridgehead atoms. The number of carbonyl (C=O) groups is 20. The van der Waals surface area contributed by atoms with Crippen LogP contribution in [0.3, 0.4) is 0 Å². The summed E-state index contributed by atoms with van der Waals surface area (Å²) >= 11 is 0. The Kier molecular flexibility index (Phi) is 34.0. The lowest BCUT2D eigenvalue weighted by Gasteiger charge is -2.29. The standard InChI is InChI=1S/C22H28N2O8.C17H21N3O7.C16H18N2O6.C8H9NO3.3CH4/c25-17-9-10-18(26)23(17)14-15-5-7-16(8-6-15)22(30)31-13-3-1-2-4-21(29)32-24-19(27)11-12-20(24)28;21-12(9-11-19-13(22)5-6-14(19)23)18-10-3-1-2-4-17(26)27-20-15(24)7-8-16(20)25;19-12-5-6-13(20)17(12)9-10-1-3-11(4-2-10)16(23)24-18-14(21)7-8-15(18)22;1-6(10)4-5-9-7(11)2-3-8(9)12;;;/h9-10,15-16H,1-8,11-14H2;5-6H,1-4,7-11H2,(H,18,21);5-6,10-11H,1-4,7-9H2;2-3H,4-5H2,1H3;3*1H4. The average Bonchev–Trinajstić information content (AvgIpc) is 1.60. The molecule has 7 aliphatic heterocycles. The fraction of sp³-hybridized carbons (Fsp3) is 0.576. The first-order valence-electron chi connectivity index (χ1n) is 31.6. The van der Waals surface area contributed by atoms with Crippen molar-refractivity contribution in [2.24, 2.45) is 23.7 Å². The Bertz CT molecular complexity index is 3090. The summed E-state index contributed by atoms with van der Waals surface area (Å²) in [4.78, 5) is 248. The maximum Gasteiger partial charge on any atom is 0.336 e. The summed E-state index contributed by atoms with van der Waals surface area (Å²) in [5.74, 6) is -8.19. The van der Waals surface area contributed by atoms with E-state index in [0.717, 1.165) is 22.6 Å². The highest BCUT2D eigenvalue weighted by Crippen LogP contribution is 2.33. The van der Waals surface area contributed by atoms with Crippen LogP contribution in [0.5, 0.6) is 0 Å². The lowest BCUT2D eigenvalue weighted by atomic mass is 9.82. The van der Waals surface area contributed by atoms with Gasteiger partial charge in [-0.2, -0.15) is 0 Å². The Morgan fingerprint density at radius 2 is 0.694 bits per heavy atom. The molecule has 2 saturated carbocycles. The van der Waals surface area contributed by atoms with Crippen LogP contribution < -0.4 is 5.32 Å². The first kappa shape index (κ1) is 82.2. The number of amides is 15. The van der Waals surface area contributed by atoms with Crippen LogP contribution in [-0.2, 0) is 115 Å². The number of ether oxygens (including phenoxy) is 1. The molecule has 2 aliphatic carbocycles. The second-order valence-corrected chi connectivity index (χ2v) is 23.4. The van der Waals surface area contributed by atoms with Crippen LogP contribution in [0.4, 0.5) is 0 Å². The fourth-order valence-corrected chi connectivity index (χ4v) is 10.8. The van der Waals surface area contributed by atoms with Crippen LogP contribution in [0.25, 0.3) is 0 Å². The molecule has 9 aliphatic rings. The molecule has 15 amide bonds. The van der Waals surface area contributed by atoms with E-state index in [4.69, 9.17) is 19.2 Å². The van der Waals surface area contributed by atoms with E-state index < -0.39 is 65.2 Å². The van der Waals surface area contributed by atoms with Gasteiger partial charge in [-0.05, 0) is 102 Å². The number of carbonyl (C=O) groups excluding carboxylic acids is 20. The molecule has 5 fully saturated rings. The monoisotopic (exact) mass is 1380 g/mol. The number of nitrogens with one attached hydrogen (secondary N) is 1. The van der Waals surface area contributed by atoms with Gasteiger partial charge in [-0.3, -0.25) is 101 Å². The third-order valence-electron chi connectivity index (χ3n) is 16.3. The minimum atomic E-state index is -0.642. The number of imide groups is 7. The van der Waals surface area contributed by atoms with E-state index >= 15 is 0 Å². The van der Waals surface area contributed by atoms with Crippen LogP contribution in [0.15, 0.2) is 48.6 Å². The van der Waals surface area contributed by atoms with Crippen LogP contribution in [0.1, 0.15) is 183 Å². The largest absolute Gasteiger partial charge is 0.465 e. The van der Waals surface area contributed by atoms with Gasteiger partial charge in [-0.15, -0.1) is 15.2 Å². The highest BCUT2D eigenvalue weighted by molar-refractivity contribution is 6.15. The minimum absolute atomic E-state index is 0. The Morgan fingerprint density at radius 3 is 1.05 bits per heavy atom. The number of rotatable bonds is 27. The summed E-state index contributed by atoms with van der Waals surface area (Å²) in [6.45, 7) is 3.08. The summed E-state index contributed by atoms with van der Waals surface area (Å²) in [6, 6.07) is 0. The Hall–Kier alpha value is -10.0. The smallest absolute Gasteiger partial charge is 0.336 e. The zero-order valence-electron chi connectivity index (χ0n) is 52.6. The molecule has 0 unspecified atom stereocenters. The molecule has 0 radical (unpaired) electrons. The number of hydroxylamine groups is 6. The highest BCUT2D eigenvalue weighted by atomic mass is 16.7. The summed E-state index contributed by atoms with van der Waals surface area (Å²) < 4.78 is 5.35. The van der Waals surface area contributed by atoms with Gasteiger partial charge in [0.1, 0.15) is 5.78 Å². The molecular formula is C66H88N8O24. The predicted octanol–water partition coefficient (Wildman–Crippen LogP) is 3.14. The molecule has 1 N–H and O–H groups in total. The molecule has 0 aromatic carbocycles. The van der Waals surface area contributed by atoms with E-state index in [9.17, 15) is 95.9 Å². The number of nitrogens with zero attached hydrogens (tertiary/aromatic N) is 7. The van der Waals surface area contributed by atoms with Crippen molar-refractivity contribution in [1.29, 1.82) is 0 Å². The van der Waals surface area contributed by atoms with Crippen molar-refractivity contribution in [1.82, 2.24) is 40.1 Å². The molecule has 98 heavy (non-hydrogen) atoms. The number of ketones is 1. The van der Waals surface area contributed by atoms with E-state index in [-0.39, 0.29) is 183 Å². The molecule has 0 spiro atoms. The van der Waals surface area contributed by atoms with Crippen molar-refractivity contribution in [3.8, 4) is 0 Å². The van der Waals surface area contributed by atoms with Crippen molar-refractivity contribution in [3.05, 3.63) is 48.6 Å². The number of hydrogen-bond donors (Lipinski definition) is 1. The zero-order chi connectivity index (χ0) is 69.3. The SMILES string of the molecule is C.C.C.CC(=O)CCN1C(=O)C=CC1=O.O=C(CCCCCOC(=O)C1CCC(CN2C(=O)C=CC2=O)CC1)ON1C(=O)CCC1=O.O=C(CCN1C(=O)C=CC1=O)NCCCCCC(=O)ON1C(=O)CCC1=O.O=C(ON1C(=O)CCC1=O)C1CCC(CN2C(=O)C=CC2=O)CC1. The summed E-state index contributed by atoms with van der Waals surface area (Å²) in [5, 5.41) is 4.30. The maximum atomic E-state index is 12.3. The van der Waals surface area contributed by atoms with Gasteiger partial charge in [0.25, 0.3) is 82.7 Å². The number of esters is 1. The number of Topliss-reactive ketones (excluding diaryl/α,β-unsaturated/α-hetero) is 1. The molecule has 3 saturated heterocycles. The first-order chi connectivity index (χ1) is 45.3. The molecule has 0 aromatic rings. The molecule has 9 rings (SSSR count). The zero-order valence-corrected chi connectivity index (χ0v) is 52.6. The van der Waals surface area contributed by atoms with E-state index in [0.29, 0.717) is 112 Å². The molecule has 536 valence electrons. The third kappa shape index (κ3) is 25.2. The van der Waals surface area contributed by atoms with E-state index in [1.54, 1.807) is 0 Å². The average molecular weight is 1380 g/mol. The summed E-state index contributed by atoms with van der Waals surface area (Å²) in [5.41, 5.74) is 0. The lowest BCUT2D eigenvalue weighted by Crippen LogP contribution is -2.38. The van der Waals surface area contributed by atoms with Crippen LogP contribution >= 0.6 is 0 Å². The normalized spacial score (nSPS) is 20.8. The van der Waals surface area contributed by atoms with Gasteiger partial charge in [-0.25, -0.2) is 14.4 Å². The van der Waals surface area contributed by atoms with Gasteiger partial charge in [-0.1, -0.05) is 28.7 Å². The van der Waals surface area contributed by atoms with E-state index in [1.165, 1.54) is 65.3 Å². The van der Waals surface area contributed by atoms with Gasteiger partial charge in [0.15, 0.2) is 0 Å². The van der Waals surface area contributed by atoms with Gasteiger partial charge >= 0.3 is 23.9 Å². The molecule has 32 nitrogen and oxygen atoms in total. The van der Waals surface area contributed by atoms with Crippen LogP contribution in [0.2, 0.25) is 0 Å².